The molecular weight excluding hydrogens is 450 g/mol. The summed E-state index contributed by atoms with van der Waals surface area (Å²) in [5, 5.41) is 7.75. The molecule has 0 spiro atoms. The molecule has 0 aromatic carbocycles. The third-order valence-electron chi connectivity index (χ3n) is 7.31. The Kier molecular flexibility index (Phi) is 6.00. The minimum atomic E-state index is -3.17. The lowest BCUT2D eigenvalue weighted by atomic mass is 9.90. The van der Waals surface area contributed by atoms with Gasteiger partial charge in [0.2, 0.25) is 5.89 Å². The number of pyridine rings is 1. The SMILES string of the molecule is Cc1c(NC2C=CC(S(C)(=O)=O)=CC2)ccnc1N1C2CCC1CC(c1nc(C(C)C)no1)C2. The summed E-state index contributed by atoms with van der Waals surface area (Å²) in [5.41, 5.74) is 2.17. The van der Waals surface area contributed by atoms with Crippen molar-refractivity contribution in [3.63, 3.8) is 0 Å². The van der Waals surface area contributed by atoms with E-state index in [1.165, 1.54) is 6.26 Å². The van der Waals surface area contributed by atoms with Gasteiger partial charge in [-0.25, -0.2) is 13.4 Å². The van der Waals surface area contributed by atoms with Crippen LogP contribution in [0.5, 0.6) is 0 Å². The molecule has 2 aliphatic heterocycles. The van der Waals surface area contributed by atoms with Gasteiger partial charge in [0.05, 0.1) is 4.91 Å². The van der Waals surface area contributed by atoms with E-state index in [-0.39, 0.29) is 12.0 Å². The standard InChI is InChI=1S/C25H33N5O3S/c1-15(2)23-28-25(33-29-23)17-13-19-7-8-20(14-17)30(19)24-16(3)22(11-12-26-24)27-18-5-9-21(10-6-18)34(4,31)32/h5,9-12,15,17-20H,6-8,13-14H2,1-4H3,(H,26,27). The third kappa shape index (κ3) is 4.37. The van der Waals surface area contributed by atoms with Gasteiger partial charge in [-0.15, -0.1) is 0 Å². The summed E-state index contributed by atoms with van der Waals surface area (Å²) in [4.78, 5) is 12.4. The van der Waals surface area contributed by atoms with Gasteiger partial charge in [0.15, 0.2) is 15.7 Å². The summed E-state index contributed by atoms with van der Waals surface area (Å²) in [7, 11) is -3.17. The lowest BCUT2D eigenvalue weighted by molar-refractivity contribution is 0.304. The molecule has 2 fully saturated rings. The Morgan fingerprint density at radius 2 is 1.94 bits per heavy atom. The highest BCUT2D eigenvalue weighted by Crippen LogP contribution is 2.45. The largest absolute Gasteiger partial charge is 0.378 e. The van der Waals surface area contributed by atoms with E-state index < -0.39 is 9.84 Å². The van der Waals surface area contributed by atoms with Crippen LogP contribution in [-0.2, 0) is 9.84 Å². The molecule has 3 unspecified atom stereocenters. The van der Waals surface area contributed by atoms with Gasteiger partial charge in [-0.3, -0.25) is 0 Å². The number of anilines is 2. The number of aromatic nitrogens is 3. The van der Waals surface area contributed by atoms with E-state index in [9.17, 15) is 8.42 Å². The normalized spacial score (nSPS) is 26.7. The van der Waals surface area contributed by atoms with E-state index in [0.717, 1.165) is 54.5 Å². The quantitative estimate of drug-likeness (QED) is 0.642. The zero-order valence-electron chi connectivity index (χ0n) is 20.2. The van der Waals surface area contributed by atoms with Crippen molar-refractivity contribution < 1.29 is 12.9 Å². The maximum absolute atomic E-state index is 11.8. The molecule has 3 atom stereocenters. The van der Waals surface area contributed by atoms with Gasteiger partial charge >= 0.3 is 0 Å². The van der Waals surface area contributed by atoms with Crippen LogP contribution in [0, 0.1) is 6.92 Å². The molecule has 0 radical (unpaired) electrons. The Morgan fingerprint density at radius 1 is 1.21 bits per heavy atom. The fourth-order valence-electron chi connectivity index (χ4n) is 5.50. The number of rotatable bonds is 6. The maximum Gasteiger partial charge on any atom is 0.229 e. The number of nitrogens with zero attached hydrogens (tertiary/aromatic N) is 4. The Balaban J connectivity index is 1.31. The van der Waals surface area contributed by atoms with Crippen molar-refractivity contribution in [3.8, 4) is 0 Å². The van der Waals surface area contributed by atoms with Gasteiger partial charge in [-0.1, -0.05) is 31.2 Å². The van der Waals surface area contributed by atoms with Crippen LogP contribution in [0.1, 0.15) is 75.1 Å². The van der Waals surface area contributed by atoms with E-state index in [2.05, 4.69) is 41.1 Å². The Bertz CT molecular complexity index is 1220. The lowest BCUT2D eigenvalue weighted by Crippen LogP contribution is -2.43. The van der Waals surface area contributed by atoms with Crippen molar-refractivity contribution in [3.05, 3.63) is 52.7 Å². The predicted octanol–water partition coefficient (Wildman–Crippen LogP) is 4.48. The summed E-state index contributed by atoms with van der Waals surface area (Å²) in [6.07, 6.45) is 13.5. The molecule has 9 heteroatoms. The highest BCUT2D eigenvalue weighted by Gasteiger charge is 2.44. The summed E-state index contributed by atoms with van der Waals surface area (Å²) in [5.74, 6) is 3.18. The van der Waals surface area contributed by atoms with Crippen LogP contribution < -0.4 is 10.2 Å². The van der Waals surface area contributed by atoms with Crippen LogP contribution in [-0.4, -0.2) is 47.9 Å². The maximum atomic E-state index is 11.8. The van der Waals surface area contributed by atoms with Crippen molar-refractivity contribution in [2.75, 3.05) is 16.5 Å². The average molecular weight is 484 g/mol. The zero-order chi connectivity index (χ0) is 24.0. The molecule has 1 N–H and O–H groups in total. The van der Waals surface area contributed by atoms with Crippen molar-refractivity contribution in [2.24, 2.45) is 0 Å². The molecule has 2 bridgehead atoms. The molecule has 0 amide bonds. The zero-order valence-corrected chi connectivity index (χ0v) is 21.0. The molecule has 4 heterocycles. The fraction of sp³-hybridized carbons (Fsp3) is 0.560. The molecule has 1 aliphatic carbocycles. The van der Waals surface area contributed by atoms with E-state index in [1.54, 1.807) is 12.2 Å². The van der Waals surface area contributed by atoms with Crippen LogP contribution in [0.4, 0.5) is 11.5 Å². The smallest absolute Gasteiger partial charge is 0.229 e. The van der Waals surface area contributed by atoms with Crippen molar-refractivity contribution in [1.29, 1.82) is 0 Å². The highest BCUT2D eigenvalue weighted by molar-refractivity contribution is 7.94. The van der Waals surface area contributed by atoms with Crippen LogP contribution in [0.3, 0.4) is 0 Å². The van der Waals surface area contributed by atoms with E-state index in [1.807, 2.05) is 18.3 Å². The van der Waals surface area contributed by atoms with Crippen LogP contribution in [0.2, 0.25) is 0 Å². The number of nitrogens with one attached hydrogen (secondary N) is 1. The summed E-state index contributed by atoms with van der Waals surface area (Å²) < 4.78 is 29.2. The highest BCUT2D eigenvalue weighted by atomic mass is 32.2. The molecule has 2 saturated heterocycles. The van der Waals surface area contributed by atoms with Crippen LogP contribution >= 0.6 is 0 Å². The van der Waals surface area contributed by atoms with Gasteiger partial charge in [0, 0.05) is 53.7 Å². The van der Waals surface area contributed by atoms with Crippen LogP contribution in [0.15, 0.2) is 39.9 Å². The number of piperidine rings is 1. The second kappa shape index (κ2) is 8.83. The Hall–Kier alpha value is -2.68. The summed E-state index contributed by atoms with van der Waals surface area (Å²) in [6, 6.07) is 2.88. The average Bonchev–Trinajstić information content (AvgIpc) is 3.38. The first kappa shape index (κ1) is 23.1. The molecular formula is C25H33N5O3S. The first-order valence-corrected chi connectivity index (χ1v) is 14.0. The molecule has 2 aromatic heterocycles. The second-order valence-electron chi connectivity index (χ2n) is 10.1. The predicted molar refractivity (Wildman–Crippen MR) is 133 cm³/mol. The fourth-order valence-corrected chi connectivity index (χ4v) is 6.22. The van der Waals surface area contributed by atoms with Gasteiger partial charge in [-0.05, 0) is 51.2 Å². The number of hydrogen-bond donors (Lipinski definition) is 1. The van der Waals surface area contributed by atoms with Gasteiger partial charge in [-0.2, -0.15) is 4.98 Å². The van der Waals surface area contributed by atoms with E-state index in [0.29, 0.717) is 29.3 Å². The van der Waals surface area contributed by atoms with Gasteiger partial charge in [0.25, 0.3) is 0 Å². The second-order valence-corrected chi connectivity index (χ2v) is 12.2. The molecule has 0 saturated carbocycles. The van der Waals surface area contributed by atoms with Crippen molar-refractivity contribution >= 4 is 21.3 Å². The molecule has 2 aromatic rings. The topological polar surface area (TPSA) is 101 Å². The molecule has 182 valence electrons. The summed E-state index contributed by atoms with van der Waals surface area (Å²) >= 11 is 0. The number of sulfone groups is 1. The first-order chi connectivity index (χ1) is 16.2. The number of hydrogen-bond acceptors (Lipinski definition) is 8. The minimum Gasteiger partial charge on any atom is -0.378 e. The van der Waals surface area contributed by atoms with Gasteiger partial charge in [0.1, 0.15) is 5.82 Å². The van der Waals surface area contributed by atoms with Crippen LogP contribution in [0.25, 0.3) is 0 Å². The number of allylic oxidation sites excluding steroid dienone is 1. The number of fused-ring (bicyclic) bond motifs is 2. The molecule has 34 heavy (non-hydrogen) atoms. The van der Waals surface area contributed by atoms with Gasteiger partial charge < -0.3 is 14.7 Å². The molecule has 3 aliphatic rings. The lowest BCUT2D eigenvalue weighted by Gasteiger charge is -2.39. The van der Waals surface area contributed by atoms with Crippen molar-refractivity contribution in [2.45, 2.75) is 82.8 Å². The Morgan fingerprint density at radius 3 is 2.53 bits per heavy atom. The molecule has 5 rings (SSSR count). The van der Waals surface area contributed by atoms with Crippen molar-refractivity contribution in [1.82, 2.24) is 15.1 Å². The molecule has 8 nitrogen and oxygen atoms in total. The monoisotopic (exact) mass is 483 g/mol. The summed E-state index contributed by atoms with van der Waals surface area (Å²) in [6.45, 7) is 6.29. The Labute approximate surface area is 201 Å². The third-order valence-corrected chi connectivity index (χ3v) is 8.47. The van der Waals surface area contributed by atoms with E-state index >= 15 is 0 Å². The first-order valence-electron chi connectivity index (χ1n) is 12.1. The van der Waals surface area contributed by atoms with E-state index in [4.69, 9.17) is 9.51 Å². The minimum absolute atomic E-state index is 0.0505.